The molecule has 2 N–H and O–H groups in total. The van der Waals surface area contributed by atoms with Crippen LogP contribution in [0.2, 0.25) is 0 Å². The van der Waals surface area contributed by atoms with Crippen LogP contribution < -0.4 is 0 Å². The van der Waals surface area contributed by atoms with Gasteiger partial charge in [-0.05, 0) is 23.8 Å². The summed E-state index contributed by atoms with van der Waals surface area (Å²) in [5.74, 6) is 0. The number of aliphatic hydroxyl groups excluding tert-OH is 2. The summed E-state index contributed by atoms with van der Waals surface area (Å²) >= 11 is 3.16. The minimum Gasteiger partial charge on any atom is -0.385 e. The lowest BCUT2D eigenvalue weighted by atomic mass is 10.0. The van der Waals surface area contributed by atoms with Gasteiger partial charge < -0.3 is 10.2 Å². The molecule has 0 saturated carbocycles. The molecular weight excluding hydrogens is 262 g/mol. The van der Waals surface area contributed by atoms with Crippen LogP contribution in [0.15, 0.2) is 22.7 Å². The third-order valence-electron chi connectivity index (χ3n) is 1.85. The summed E-state index contributed by atoms with van der Waals surface area (Å²) in [7, 11) is 0. The first-order chi connectivity index (χ1) is 7.08. The van der Waals surface area contributed by atoms with E-state index in [4.69, 9.17) is 10.4 Å². The van der Waals surface area contributed by atoms with Crippen molar-refractivity contribution in [3.05, 3.63) is 33.8 Å². The zero-order valence-corrected chi connectivity index (χ0v) is 9.18. The smallest absolute Gasteiger partial charge is 0.170 e. The maximum atomic E-state index is 10.5. The number of nitriles is 1. The zero-order valence-electron chi connectivity index (χ0n) is 7.59. The van der Waals surface area contributed by atoms with Crippen LogP contribution in [0.5, 0.6) is 0 Å². The molecule has 1 rings (SSSR count). The summed E-state index contributed by atoms with van der Waals surface area (Å²) in [6, 6.07) is 6.05. The molecule has 0 saturated heterocycles. The van der Waals surface area contributed by atoms with Gasteiger partial charge >= 0.3 is 0 Å². The predicted molar refractivity (Wildman–Crippen MR) is 56.1 cm³/mol. The van der Waals surface area contributed by atoms with Gasteiger partial charge in [-0.3, -0.25) is 4.79 Å². The topological polar surface area (TPSA) is 81.3 Å². The van der Waals surface area contributed by atoms with Gasteiger partial charge in [-0.2, -0.15) is 5.26 Å². The highest BCUT2D eigenvalue weighted by molar-refractivity contribution is 9.10. The van der Waals surface area contributed by atoms with Crippen LogP contribution in [0.4, 0.5) is 0 Å². The van der Waals surface area contributed by atoms with Gasteiger partial charge in [0.25, 0.3) is 0 Å². The molecule has 2 unspecified atom stereocenters. The Morgan fingerprint density at radius 1 is 1.40 bits per heavy atom. The Labute approximate surface area is 94.9 Å². The van der Waals surface area contributed by atoms with Crippen molar-refractivity contribution in [1.82, 2.24) is 0 Å². The van der Waals surface area contributed by atoms with Gasteiger partial charge in [0.2, 0.25) is 0 Å². The van der Waals surface area contributed by atoms with Crippen LogP contribution >= 0.6 is 15.9 Å². The predicted octanol–water partition coefficient (Wildman–Crippen LogP) is 1.18. The molecule has 5 heteroatoms. The lowest BCUT2D eigenvalue weighted by molar-refractivity contribution is 0.0527. The normalized spacial score (nSPS) is 14.0. The molecule has 0 bridgehead atoms. The summed E-state index contributed by atoms with van der Waals surface area (Å²) in [6.07, 6.45) is -2.19. The van der Waals surface area contributed by atoms with Crippen LogP contribution in [0.1, 0.15) is 22.0 Å². The van der Waals surface area contributed by atoms with Crippen molar-refractivity contribution in [1.29, 1.82) is 5.26 Å². The van der Waals surface area contributed by atoms with E-state index in [1.165, 1.54) is 18.2 Å². The van der Waals surface area contributed by atoms with Gasteiger partial charge in [-0.15, -0.1) is 0 Å². The molecule has 0 aliphatic carbocycles. The van der Waals surface area contributed by atoms with Crippen molar-refractivity contribution >= 4 is 22.2 Å². The van der Waals surface area contributed by atoms with E-state index in [1.54, 1.807) is 6.07 Å². The van der Waals surface area contributed by atoms with Gasteiger partial charge in [-0.25, -0.2) is 0 Å². The first-order valence-corrected chi connectivity index (χ1v) is 4.89. The molecule has 2 atom stereocenters. The van der Waals surface area contributed by atoms with E-state index in [0.717, 1.165) is 0 Å². The number of nitrogens with zero attached hydrogens (tertiary/aromatic N) is 1. The summed E-state index contributed by atoms with van der Waals surface area (Å²) in [5, 5.41) is 27.1. The summed E-state index contributed by atoms with van der Waals surface area (Å²) in [4.78, 5) is 10.5. The van der Waals surface area contributed by atoms with Gasteiger partial charge in [0.1, 0.15) is 12.4 Å². The first kappa shape index (κ1) is 11.9. The molecule has 0 heterocycles. The molecule has 0 aliphatic rings. The van der Waals surface area contributed by atoms with Crippen molar-refractivity contribution in [2.24, 2.45) is 0 Å². The third kappa shape index (κ3) is 2.86. The fraction of sp³-hybridized carbons (Fsp3) is 0.200. The standard InChI is InChI=1S/C10H8BrNO3/c11-8-2-6(5-13)1-7(3-8)10(15)9(14)4-12/h1-3,5,9-10,14-15H. The van der Waals surface area contributed by atoms with E-state index < -0.39 is 12.2 Å². The molecule has 78 valence electrons. The van der Waals surface area contributed by atoms with Crippen LogP contribution in [0.3, 0.4) is 0 Å². The number of halogens is 1. The van der Waals surface area contributed by atoms with Crippen LogP contribution in [-0.2, 0) is 0 Å². The number of carbonyl (C=O) groups is 1. The van der Waals surface area contributed by atoms with Crippen molar-refractivity contribution in [2.45, 2.75) is 12.2 Å². The third-order valence-corrected chi connectivity index (χ3v) is 2.31. The largest absolute Gasteiger partial charge is 0.385 e. The van der Waals surface area contributed by atoms with E-state index in [-0.39, 0.29) is 0 Å². The van der Waals surface area contributed by atoms with E-state index in [1.807, 2.05) is 0 Å². The highest BCUT2D eigenvalue weighted by Gasteiger charge is 2.18. The molecule has 0 spiro atoms. The lowest BCUT2D eigenvalue weighted by Gasteiger charge is -2.12. The number of benzene rings is 1. The van der Waals surface area contributed by atoms with Crippen LogP contribution in [0, 0.1) is 11.3 Å². The Bertz CT molecular complexity index is 414. The number of hydrogen-bond donors (Lipinski definition) is 2. The summed E-state index contributed by atoms with van der Waals surface area (Å²) in [6.45, 7) is 0. The highest BCUT2D eigenvalue weighted by atomic mass is 79.9. The molecule has 1 aromatic carbocycles. The second-order valence-corrected chi connectivity index (χ2v) is 3.87. The van der Waals surface area contributed by atoms with Gasteiger partial charge in [0, 0.05) is 10.0 Å². The fourth-order valence-corrected chi connectivity index (χ4v) is 1.66. The number of hydrogen-bond acceptors (Lipinski definition) is 4. The molecule has 15 heavy (non-hydrogen) atoms. The maximum Gasteiger partial charge on any atom is 0.170 e. The second kappa shape index (κ2) is 5.03. The fourth-order valence-electron chi connectivity index (χ4n) is 1.13. The quantitative estimate of drug-likeness (QED) is 0.638. The zero-order chi connectivity index (χ0) is 11.4. The van der Waals surface area contributed by atoms with Crippen LogP contribution in [0.25, 0.3) is 0 Å². The minimum absolute atomic E-state index is 0.320. The monoisotopic (exact) mass is 269 g/mol. The maximum absolute atomic E-state index is 10.5. The number of rotatable bonds is 3. The molecule has 0 fully saturated rings. The molecule has 0 radical (unpaired) electrons. The molecule has 4 nitrogen and oxygen atoms in total. The summed E-state index contributed by atoms with van der Waals surface area (Å²) in [5.41, 5.74) is 0.684. The number of aliphatic hydroxyl groups is 2. The Hall–Kier alpha value is -1.22. The van der Waals surface area contributed by atoms with Crippen molar-refractivity contribution in [2.75, 3.05) is 0 Å². The molecule has 1 aromatic rings. The van der Waals surface area contributed by atoms with Gasteiger partial charge in [-0.1, -0.05) is 15.9 Å². The Balaban J connectivity index is 3.09. The van der Waals surface area contributed by atoms with E-state index in [0.29, 0.717) is 21.9 Å². The second-order valence-electron chi connectivity index (χ2n) is 2.95. The molecular formula is C10H8BrNO3. The Morgan fingerprint density at radius 3 is 2.60 bits per heavy atom. The van der Waals surface area contributed by atoms with Crippen LogP contribution in [-0.4, -0.2) is 22.6 Å². The SMILES string of the molecule is N#CC(O)C(O)c1cc(Br)cc(C=O)c1. The van der Waals surface area contributed by atoms with E-state index in [2.05, 4.69) is 15.9 Å². The molecule has 0 aromatic heterocycles. The number of aldehydes is 1. The van der Waals surface area contributed by atoms with Gasteiger partial charge in [0.05, 0.1) is 6.07 Å². The minimum atomic E-state index is -1.50. The Kier molecular flexibility index (Phi) is 3.97. The van der Waals surface area contributed by atoms with Crippen molar-refractivity contribution in [3.63, 3.8) is 0 Å². The molecule has 0 amide bonds. The Morgan fingerprint density at radius 2 is 2.07 bits per heavy atom. The van der Waals surface area contributed by atoms with Crippen molar-refractivity contribution < 1.29 is 15.0 Å². The van der Waals surface area contributed by atoms with E-state index in [9.17, 15) is 9.90 Å². The molecule has 0 aliphatic heterocycles. The first-order valence-electron chi connectivity index (χ1n) is 4.10. The average Bonchev–Trinajstić information content (AvgIpc) is 2.26. The van der Waals surface area contributed by atoms with Crippen molar-refractivity contribution in [3.8, 4) is 6.07 Å². The van der Waals surface area contributed by atoms with E-state index >= 15 is 0 Å². The average molecular weight is 270 g/mol. The summed E-state index contributed by atoms with van der Waals surface area (Å²) < 4.78 is 0.603. The number of carbonyl (C=O) groups excluding carboxylic acids is 1. The van der Waals surface area contributed by atoms with Gasteiger partial charge in [0.15, 0.2) is 6.10 Å². The lowest BCUT2D eigenvalue weighted by Crippen LogP contribution is -2.15. The highest BCUT2D eigenvalue weighted by Crippen LogP contribution is 2.22.